The largest absolute Gasteiger partial charge is 0.495 e. The molecule has 0 aromatic heterocycles. The lowest BCUT2D eigenvalue weighted by Gasteiger charge is -2.28. The molecule has 0 spiro atoms. The van der Waals surface area contributed by atoms with Gasteiger partial charge < -0.3 is 28.9 Å². The molecule has 15 nitrogen and oxygen atoms in total. The van der Waals surface area contributed by atoms with E-state index in [1.54, 1.807) is 37.2 Å². The summed E-state index contributed by atoms with van der Waals surface area (Å²) in [5.41, 5.74) is 1.70. The summed E-state index contributed by atoms with van der Waals surface area (Å²) in [5.74, 6) is 1.37. The molecule has 3 aromatic rings. The highest BCUT2D eigenvalue weighted by molar-refractivity contribution is 6.33. The minimum atomic E-state index is -0.472. The van der Waals surface area contributed by atoms with Gasteiger partial charge in [0, 0.05) is 76.7 Å². The highest BCUT2D eigenvalue weighted by atomic mass is 35.5. The molecule has 0 bridgehead atoms. The monoisotopic (exact) mass is 756 g/mol. The third-order valence-electron chi connectivity index (χ3n) is 7.96. The van der Waals surface area contributed by atoms with Gasteiger partial charge in [-0.15, -0.1) is 0 Å². The molecular weight excluding hydrogens is 719 g/mol. The molecule has 2 aliphatic heterocycles. The summed E-state index contributed by atoms with van der Waals surface area (Å²) in [6.45, 7) is 3.36. The molecule has 2 fully saturated rings. The van der Waals surface area contributed by atoms with Crippen molar-refractivity contribution in [1.29, 1.82) is 0 Å². The van der Waals surface area contributed by atoms with Gasteiger partial charge in [0.05, 0.1) is 51.2 Å². The summed E-state index contributed by atoms with van der Waals surface area (Å²) in [6, 6.07) is 8.85. The molecule has 2 aliphatic rings. The van der Waals surface area contributed by atoms with E-state index in [1.165, 1.54) is 45.9 Å². The van der Waals surface area contributed by atoms with E-state index in [4.69, 9.17) is 49.0 Å². The highest BCUT2D eigenvalue weighted by Gasteiger charge is 2.26. The number of nitro groups is 3. The number of benzene rings is 3. The maximum atomic E-state index is 11.1. The fourth-order valence-electron chi connectivity index (χ4n) is 5.46. The average Bonchev–Trinajstić information content (AvgIpc) is 3.63. The van der Waals surface area contributed by atoms with E-state index in [-0.39, 0.29) is 32.1 Å². The molecular formula is C32H39Cl3N6O9. The summed E-state index contributed by atoms with van der Waals surface area (Å²) in [4.78, 5) is 37.3. The van der Waals surface area contributed by atoms with Crippen LogP contribution in [0.4, 0.5) is 34.1 Å². The van der Waals surface area contributed by atoms with Crippen molar-refractivity contribution in [1.82, 2.24) is 0 Å². The van der Waals surface area contributed by atoms with Gasteiger partial charge in [0.1, 0.15) is 34.3 Å². The van der Waals surface area contributed by atoms with Crippen LogP contribution in [0.15, 0.2) is 36.4 Å². The first-order chi connectivity index (χ1) is 23.7. The summed E-state index contributed by atoms with van der Waals surface area (Å²) < 4.78 is 15.2. The maximum absolute atomic E-state index is 11.1. The van der Waals surface area contributed by atoms with Crippen molar-refractivity contribution in [2.75, 3.05) is 76.3 Å². The number of hydrogen-bond donors (Lipinski definition) is 0. The van der Waals surface area contributed by atoms with Gasteiger partial charge in [0.15, 0.2) is 0 Å². The first kappa shape index (κ1) is 40.0. The molecule has 2 saturated heterocycles. The second-order valence-electron chi connectivity index (χ2n) is 11.3. The number of piperidine rings is 1. The standard InChI is InChI=1S/C12H15ClN2O3.C11H13ClN2O3.C9H11ClN2O3/c1-18-12-8-10(14-5-3-2-4-6-14)11(15(16)17)7-9(12)13;1-17-11-7-9(13-4-2-3-5-13)10(14(15)16)6-8(11)12;1-11(2)7-5-9(15-3)6(10)4-8(7)12(13)14/h7-8H,2-6H2,1H3;6-7H,2-5H2,1H3;4-5H,1-3H3. The highest BCUT2D eigenvalue weighted by Crippen LogP contribution is 2.40. The van der Waals surface area contributed by atoms with Crippen molar-refractivity contribution < 1.29 is 29.0 Å². The number of methoxy groups -OCH3 is 3. The molecule has 3 aromatic carbocycles. The summed E-state index contributed by atoms with van der Waals surface area (Å²) in [7, 11) is 7.91. The van der Waals surface area contributed by atoms with Crippen molar-refractivity contribution in [2.45, 2.75) is 32.1 Å². The number of ether oxygens (including phenoxy) is 3. The molecule has 0 N–H and O–H groups in total. The van der Waals surface area contributed by atoms with Crippen LogP contribution in [0.3, 0.4) is 0 Å². The Morgan fingerprint density at radius 1 is 0.560 bits per heavy atom. The number of nitro benzene ring substituents is 3. The smallest absolute Gasteiger partial charge is 0.294 e. The maximum Gasteiger partial charge on any atom is 0.294 e. The SMILES string of the molecule is COc1cc(N(C)C)c([N+](=O)[O-])cc1Cl.COc1cc(N2CCCC2)c([N+](=O)[O-])cc1Cl.COc1cc(N2CCCCC2)c([N+](=O)[O-])cc1Cl. The first-order valence-electron chi connectivity index (χ1n) is 15.5. The number of hydrogen-bond acceptors (Lipinski definition) is 12. The van der Waals surface area contributed by atoms with Crippen LogP contribution in [-0.4, -0.2) is 76.4 Å². The van der Waals surface area contributed by atoms with Gasteiger partial charge in [-0.2, -0.15) is 0 Å². The Morgan fingerprint density at radius 3 is 1.20 bits per heavy atom. The molecule has 0 aliphatic carbocycles. The number of rotatable bonds is 9. The molecule has 0 atom stereocenters. The van der Waals surface area contributed by atoms with Gasteiger partial charge in [0.2, 0.25) is 0 Å². The van der Waals surface area contributed by atoms with Crippen molar-refractivity contribution in [3.8, 4) is 17.2 Å². The predicted molar refractivity (Wildman–Crippen MR) is 196 cm³/mol. The quantitative estimate of drug-likeness (QED) is 0.151. The van der Waals surface area contributed by atoms with E-state index in [2.05, 4.69) is 0 Å². The zero-order valence-corrected chi connectivity index (χ0v) is 30.6. The van der Waals surface area contributed by atoms with E-state index < -0.39 is 14.8 Å². The van der Waals surface area contributed by atoms with E-state index in [0.29, 0.717) is 34.3 Å². The first-order valence-corrected chi connectivity index (χ1v) is 16.6. The van der Waals surface area contributed by atoms with Gasteiger partial charge in [-0.25, -0.2) is 0 Å². The van der Waals surface area contributed by atoms with Crippen LogP contribution in [0.2, 0.25) is 15.1 Å². The number of halogens is 3. The Bertz CT molecular complexity index is 1680. The molecule has 50 heavy (non-hydrogen) atoms. The van der Waals surface area contributed by atoms with Crippen LogP contribution in [-0.2, 0) is 0 Å². The van der Waals surface area contributed by atoms with Gasteiger partial charge >= 0.3 is 0 Å². The lowest BCUT2D eigenvalue weighted by molar-refractivity contribution is -0.384. The minimum absolute atomic E-state index is 0.0363. The van der Waals surface area contributed by atoms with Crippen LogP contribution in [0.25, 0.3) is 0 Å². The third kappa shape index (κ3) is 10.0. The molecule has 0 unspecified atom stereocenters. The van der Waals surface area contributed by atoms with Gasteiger partial charge in [-0.05, 0) is 32.1 Å². The fraction of sp³-hybridized carbons (Fsp3) is 0.438. The lowest BCUT2D eigenvalue weighted by atomic mass is 10.1. The second kappa shape index (κ2) is 18.5. The number of anilines is 3. The summed E-state index contributed by atoms with van der Waals surface area (Å²) in [6.07, 6.45) is 5.41. The van der Waals surface area contributed by atoms with E-state index in [1.807, 2.05) is 9.80 Å². The van der Waals surface area contributed by atoms with Crippen molar-refractivity contribution in [2.24, 2.45) is 0 Å². The average molecular weight is 758 g/mol. The van der Waals surface area contributed by atoms with E-state index in [0.717, 1.165) is 51.9 Å². The van der Waals surface area contributed by atoms with Gasteiger partial charge in [-0.3, -0.25) is 30.3 Å². The molecule has 2 heterocycles. The van der Waals surface area contributed by atoms with Crippen molar-refractivity contribution >= 4 is 68.9 Å². The summed E-state index contributed by atoms with van der Waals surface area (Å²) >= 11 is 17.6. The van der Waals surface area contributed by atoms with Crippen LogP contribution in [0, 0.1) is 30.3 Å². The molecule has 5 rings (SSSR count). The Kier molecular flexibility index (Phi) is 14.8. The zero-order chi connectivity index (χ0) is 37.1. The molecule has 0 saturated carbocycles. The Labute approximate surface area is 304 Å². The Morgan fingerprint density at radius 2 is 0.880 bits per heavy atom. The Balaban J connectivity index is 0.000000204. The molecule has 272 valence electrons. The Hall–Kier alpha value is -4.47. The van der Waals surface area contributed by atoms with Crippen LogP contribution in [0.1, 0.15) is 32.1 Å². The van der Waals surface area contributed by atoms with Gasteiger partial charge in [-0.1, -0.05) is 34.8 Å². The summed E-state index contributed by atoms with van der Waals surface area (Å²) in [5, 5.41) is 33.6. The zero-order valence-electron chi connectivity index (χ0n) is 28.3. The van der Waals surface area contributed by atoms with Crippen LogP contribution >= 0.6 is 34.8 Å². The fourth-order valence-corrected chi connectivity index (χ4v) is 6.17. The lowest BCUT2D eigenvalue weighted by Crippen LogP contribution is -2.30. The normalized spacial score (nSPS) is 13.7. The van der Waals surface area contributed by atoms with E-state index in [9.17, 15) is 30.3 Å². The predicted octanol–water partition coefficient (Wildman–Crippen LogP) is 8.43. The number of nitrogens with zero attached hydrogens (tertiary/aromatic N) is 6. The second-order valence-corrected chi connectivity index (χ2v) is 12.6. The minimum Gasteiger partial charge on any atom is -0.495 e. The molecule has 0 amide bonds. The van der Waals surface area contributed by atoms with Crippen molar-refractivity contribution in [3.05, 3.63) is 81.8 Å². The topological polar surface area (TPSA) is 167 Å². The van der Waals surface area contributed by atoms with Gasteiger partial charge in [0.25, 0.3) is 17.1 Å². The third-order valence-corrected chi connectivity index (χ3v) is 8.85. The van der Waals surface area contributed by atoms with E-state index >= 15 is 0 Å². The molecule has 18 heteroatoms. The molecule has 0 radical (unpaired) electrons. The van der Waals surface area contributed by atoms with Crippen LogP contribution in [0.5, 0.6) is 17.2 Å². The van der Waals surface area contributed by atoms with Crippen molar-refractivity contribution in [3.63, 3.8) is 0 Å². The van der Waals surface area contributed by atoms with Crippen LogP contribution < -0.4 is 28.9 Å².